The van der Waals surface area contributed by atoms with Crippen LogP contribution in [0.3, 0.4) is 0 Å². The van der Waals surface area contributed by atoms with E-state index in [1.807, 2.05) is 131 Å². The van der Waals surface area contributed by atoms with Gasteiger partial charge in [0.2, 0.25) is 0 Å². The number of pyridine rings is 1. The largest absolute Gasteiger partial charge is 0.461 e. The third kappa shape index (κ3) is 25.8. The van der Waals surface area contributed by atoms with Crippen LogP contribution in [-0.4, -0.2) is 172 Å². The van der Waals surface area contributed by atoms with Gasteiger partial charge in [-0.05, 0) is 136 Å². The number of hydrogen-bond acceptors (Lipinski definition) is 19. The van der Waals surface area contributed by atoms with Crippen molar-refractivity contribution in [3.63, 3.8) is 0 Å². The molecule has 0 aliphatic rings. The van der Waals surface area contributed by atoms with Crippen molar-refractivity contribution in [3.05, 3.63) is 176 Å². The minimum absolute atomic E-state index is 0.118. The number of aliphatic hydroxyl groups is 1. The number of nitrogens with zero attached hydrogens (tertiary/aromatic N) is 7. The summed E-state index contributed by atoms with van der Waals surface area (Å²) in [7, 11) is 15.3. The highest BCUT2D eigenvalue weighted by Gasteiger charge is 2.14. The van der Waals surface area contributed by atoms with Crippen LogP contribution in [0.4, 0.5) is 28.4 Å². The molecule has 6 aromatic rings. The lowest BCUT2D eigenvalue weighted by Crippen LogP contribution is -2.20. The van der Waals surface area contributed by atoms with E-state index in [0.717, 1.165) is 40.6 Å². The first-order chi connectivity index (χ1) is 36.0. The predicted octanol–water partition coefficient (Wildman–Crippen LogP) is 7.82. The maximum atomic E-state index is 12.2. The molecular weight excluding hydrogens is 1000 g/mol. The average molecular weight is 1070 g/mol. The lowest BCUT2D eigenvalue weighted by molar-refractivity contribution is -0.385. The summed E-state index contributed by atoms with van der Waals surface area (Å²) in [5, 5.41) is 32.7. The lowest BCUT2D eigenvalue weighted by Gasteiger charge is -2.12. The number of nitrogens with one attached hydrogen (secondary N) is 1. The van der Waals surface area contributed by atoms with Crippen LogP contribution in [0.1, 0.15) is 47.1 Å². The number of nitrogen functional groups attached to an aromatic ring is 1. The van der Waals surface area contributed by atoms with Gasteiger partial charge in [0, 0.05) is 84.2 Å². The van der Waals surface area contributed by atoms with E-state index in [9.17, 15) is 39.4 Å². The summed E-state index contributed by atoms with van der Waals surface area (Å²) in [5.41, 5.74) is 10.9. The Morgan fingerprint density at radius 2 is 1.00 bits per heavy atom. The van der Waals surface area contributed by atoms with Crippen molar-refractivity contribution in [3.8, 4) is 0 Å². The highest BCUT2D eigenvalue weighted by atomic mass is 35.5. The second kappa shape index (κ2) is 34.5. The molecule has 0 unspecified atom stereocenters. The van der Waals surface area contributed by atoms with Crippen LogP contribution in [0.5, 0.6) is 0 Å². The highest BCUT2D eigenvalue weighted by molar-refractivity contribution is 6.67. The molecule has 0 atom stereocenters. The van der Waals surface area contributed by atoms with Gasteiger partial charge in [0.15, 0.2) is 0 Å². The normalized spacial score (nSPS) is 10.4. The number of nitro groups is 2. The molecule has 76 heavy (non-hydrogen) atoms. The minimum Gasteiger partial charge on any atom is -0.461 e. The second-order valence-electron chi connectivity index (χ2n) is 17.4. The number of fused-ring (bicyclic) bond motifs is 1. The molecule has 21 nitrogen and oxygen atoms in total. The lowest BCUT2D eigenvalue weighted by atomic mass is 10.1. The highest BCUT2D eigenvalue weighted by Crippen LogP contribution is 2.27. The van der Waals surface area contributed by atoms with Gasteiger partial charge in [-0.3, -0.25) is 30.0 Å². The number of aromatic nitrogens is 1. The Labute approximate surface area is 448 Å². The van der Waals surface area contributed by atoms with Crippen molar-refractivity contribution in [1.29, 1.82) is 0 Å². The Bertz CT molecular complexity index is 2780. The van der Waals surface area contributed by atoms with Crippen molar-refractivity contribution >= 4 is 74.1 Å². The molecule has 0 amide bonds. The van der Waals surface area contributed by atoms with Crippen molar-refractivity contribution < 1.29 is 48.3 Å². The Morgan fingerprint density at radius 1 is 0.579 bits per heavy atom. The van der Waals surface area contributed by atoms with Crippen LogP contribution in [0, 0.1) is 27.2 Å². The molecule has 408 valence electrons. The second-order valence-corrected chi connectivity index (χ2v) is 17.7. The maximum absolute atomic E-state index is 12.2. The first-order valence-corrected chi connectivity index (χ1v) is 23.9. The van der Waals surface area contributed by atoms with E-state index in [4.69, 9.17) is 36.7 Å². The number of rotatable bonds is 19. The molecule has 0 saturated heterocycles. The van der Waals surface area contributed by atoms with Crippen LogP contribution < -0.4 is 11.1 Å². The SMILES string of the molecule is CN(C)CCO.CN(C)CCOC(=O)c1cccc(N)c1.CN(C)CCOC(=O)c1cccc([N+](=O)[O-])c1.Cc1cc(Nc2cccc(C(=O)OCCN(C)C)c2)c2ccccc2n1.O=C(Cl)c1cccc([N+](=O)[O-])c1. The van der Waals surface area contributed by atoms with Crippen molar-refractivity contribution in [1.82, 2.24) is 24.6 Å². The molecule has 0 aliphatic heterocycles. The number of halogens is 1. The number of aryl methyl sites for hydroxylation is 1. The van der Waals surface area contributed by atoms with Gasteiger partial charge >= 0.3 is 17.9 Å². The number of ether oxygens (including phenoxy) is 3. The zero-order valence-corrected chi connectivity index (χ0v) is 45.1. The zero-order valence-electron chi connectivity index (χ0n) is 44.3. The molecule has 6 rings (SSSR count). The van der Waals surface area contributed by atoms with Gasteiger partial charge in [-0.1, -0.05) is 42.5 Å². The third-order valence-electron chi connectivity index (χ3n) is 9.78. The topological polar surface area (TPSA) is 266 Å². The van der Waals surface area contributed by atoms with Crippen LogP contribution in [0.25, 0.3) is 10.9 Å². The summed E-state index contributed by atoms with van der Waals surface area (Å²) >= 11 is 5.12. The number of nitro benzene ring substituents is 2. The summed E-state index contributed by atoms with van der Waals surface area (Å²) < 4.78 is 15.3. The van der Waals surface area contributed by atoms with Crippen LogP contribution in [-0.2, 0) is 14.2 Å². The first kappa shape index (κ1) is 64.2. The number of carbonyl (C=O) groups excluding carboxylic acids is 4. The fraction of sp³-hybridized carbons (Fsp3) is 0.315. The number of benzene rings is 5. The smallest absolute Gasteiger partial charge is 0.338 e. The van der Waals surface area contributed by atoms with Gasteiger partial charge < -0.3 is 50.0 Å². The number of aliphatic hydroxyl groups excluding tert-OH is 1. The van der Waals surface area contributed by atoms with Gasteiger partial charge in [0.1, 0.15) is 19.8 Å². The number of nitrogens with two attached hydrogens (primary N) is 1. The molecule has 22 heteroatoms. The molecule has 5 aromatic carbocycles. The summed E-state index contributed by atoms with van der Waals surface area (Å²) in [5.74, 6) is -1.19. The van der Waals surface area contributed by atoms with Gasteiger partial charge in [-0.2, -0.15) is 0 Å². The van der Waals surface area contributed by atoms with Gasteiger partial charge in [-0.25, -0.2) is 14.4 Å². The van der Waals surface area contributed by atoms with Crippen LogP contribution in [0.2, 0.25) is 0 Å². The van der Waals surface area contributed by atoms with E-state index in [2.05, 4.69) is 10.3 Å². The molecule has 1 heterocycles. The first-order valence-electron chi connectivity index (χ1n) is 23.5. The molecule has 0 spiro atoms. The number of carbonyl (C=O) groups is 4. The quantitative estimate of drug-likeness (QED) is 0.0174. The van der Waals surface area contributed by atoms with Gasteiger partial charge in [0.05, 0.1) is 38.7 Å². The number of para-hydroxylation sites is 1. The molecule has 4 N–H and O–H groups in total. The Balaban J connectivity index is 0.000000347. The molecule has 0 fully saturated rings. The minimum atomic E-state index is -0.696. The number of esters is 3. The number of non-ortho nitro benzene ring substituents is 2. The molecular formula is C54H68ClN9O12. The van der Waals surface area contributed by atoms with E-state index in [1.54, 1.807) is 30.3 Å². The maximum Gasteiger partial charge on any atom is 0.338 e. The summed E-state index contributed by atoms with van der Waals surface area (Å²) in [4.78, 5) is 77.7. The van der Waals surface area contributed by atoms with E-state index < -0.39 is 21.1 Å². The molecule has 0 saturated carbocycles. The van der Waals surface area contributed by atoms with E-state index in [-0.39, 0.29) is 47.7 Å². The molecule has 0 bridgehead atoms. The summed E-state index contributed by atoms with van der Waals surface area (Å²) in [6.07, 6.45) is 0. The average Bonchev–Trinajstić information content (AvgIpc) is 3.37. The van der Waals surface area contributed by atoms with Gasteiger partial charge in [0.25, 0.3) is 16.6 Å². The van der Waals surface area contributed by atoms with Crippen LogP contribution >= 0.6 is 11.6 Å². The Morgan fingerprint density at radius 3 is 1.43 bits per heavy atom. The van der Waals surface area contributed by atoms with Crippen molar-refractivity contribution in [2.75, 3.05) is 120 Å². The zero-order chi connectivity index (χ0) is 56.7. The monoisotopic (exact) mass is 1070 g/mol. The molecule has 1 aromatic heterocycles. The van der Waals surface area contributed by atoms with Gasteiger partial charge in [-0.15, -0.1) is 0 Å². The van der Waals surface area contributed by atoms with Crippen molar-refractivity contribution in [2.24, 2.45) is 0 Å². The molecule has 0 aliphatic carbocycles. The van der Waals surface area contributed by atoms with E-state index in [0.29, 0.717) is 49.7 Å². The van der Waals surface area contributed by atoms with E-state index in [1.165, 1.54) is 42.5 Å². The van der Waals surface area contributed by atoms with Crippen LogP contribution in [0.15, 0.2) is 127 Å². The fourth-order valence-corrected chi connectivity index (χ4v) is 5.97. The number of hydrogen-bond donors (Lipinski definition) is 3. The summed E-state index contributed by atoms with van der Waals surface area (Å²) in [6, 6.07) is 34.9. The standard InChI is InChI=1S/C21H23N3O2.C11H14N2O4.C11H16N2O2.C7H4ClNO3.C4H11NO/c1-15-13-20(18-9-4-5-10-19(18)22-15)23-17-8-6-7-16(14-17)21(25)26-12-11-24(2)3;1-12(2)6-7-17-11(14)9-4-3-5-10(8-9)13(15)16;1-13(2)6-7-15-11(14)9-4-3-5-10(12)8-9;8-7(10)5-2-1-3-6(4-5)9(11)12;1-5(2)3-4-6/h4-10,13-14H,11-12H2,1-3H3,(H,22,23);3-5,8H,6-7H2,1-2H3;3-5,8H,6-7,12H2,1-2H3;1-4H;6H,3-4H2,1-2H3. The molecule has 0 radical (unpaired) electrons. The van der Waals surface area contributed by atoms with E-state index >= 15 is 0 Å². The Kier molecular flexibility index (Phi) is 29.2. The predicted molar refractivity (Wildman–Crippen MR) is 296 cm³/mol. The number of anilines is 3. The summed E-state index contributed by atoms with van der Waals surface area (Å²) in [6.45, 7) is 6.04. The van der Waals surface area contributed by atoms with Crippen molar-refractivity contribution in [2.45, 2.75) is 6.92 Å². The Hall–Kier alpha value is -7.92. The number of likely N-dealkylation sites (N-methyl/N-ethyl adjacent to an activating group) is 4. The third-order valence-corrected chi connectivity index (χ3v) is 10.0. The fourth-order valence-electron chi connectivity index (χ4n) is 5.86.